The summed E-state index contributed by atoms with van der Waals surface area (Å²) >= 11 is 0. The van der Waals surface area contributed by atoms with Gasteiger partial charge in [-0.25, -0.2) is 4.79 Å². The minimum atomic E-state index is -0.542. The van der Waals surface area contributed by atoms with Gasteiger partial charge in [0.2, 0.25) is 6.39 Å². The number of carbonyl (C=O) groups is 1. The van der Waals surface area contributed by atoms with Crippen LogP contribution in [0, 0.1) is 0 Å². The lowest BCUT2D eigenvalue weighted by atomic mass is 10.1. The Labute approximate surface area is 101 Å². The van der Waals surface area contributed by atoms with E-state index in [0.29, 0.717) is 6.61 Å². The Morgan fingerprint density at radius 3 is 2.82 bits per heavy atom. The molecule has 1 amide bonds. The molecule has 1 aromatic rings. The Hall–Kier alpha value is -1.59. The number of nitrogens with one attached hydrogen (secondary N) is 1. The average Bonchev–Trinajstić information content (AvgIpc) is 2.80. The molecular weight excluding hydrogens is 222 g/mol. The summed E-state index contributed by atoms with van der Waals surface area (Å²) in [6.45, 7) is 2.61. The fourth-order valence-electron chi connectivity index (χ4n) is 1.40. The molecule has 0 aliphatic carbocycles. The number of rotatable bonds is 8. The van der Waals surface area contributed by atoms with E-state index in [-0.39, 0.29) is 5.95 Å². The van der Waals surface area contributed by atoms with E-state index in [1.165, 1.54) is 25.7 Å². The summed E-state index contributed by atoms with van der Waals surface area (Å²) in [7, 11) is 0. The van der Waals surface area contributed by atoms with Crippen molar-refractivity contribution in [3.05, 3.63) is 6.39 Å². The molecule has 1 heterocycles. The Kier molecular flexibility index (Phi) is 6.78. The SMILES string of the molecule is CCCCCCCCOC(=O)Nc1ncon1. The van der Waals surface area contributed by atoms with Gasteiger partial charge in [-0.2, -0.15) is 4.98 Å². The number of aromatic nitrogens is 2. The molecule has 0 radical (unpaired) electrons. The van der Waals surface area contributed by atoms with Crippen molar-refractivity contribution in [1.82, 2.24) is 10.1 Å². The van der Waals surface area contributed by atoms with E-state index in [9.17, 15) is 4.79 Å². The third kappa shape index (κ3) is 6.55. The van der Waals surface area contributed by atoms with E-state index in [4.69, 9.17) is 4.74 Å². The molecule has 0 bridgehead atoms. The van der Waals surface area contributed by atoms with Crippen LogP contribution >= 0.6 is 0 Å². The van der Waals surface area contributed by atoms with Crippen molar-refractivity contribution >= 4 is 12.0 Å². The molecule has 17 heavy (non-hydrogen) atoms. The molecule has 1 N–H and O–H groups in total. The van der Waals surface area contributed by atoms with Crippen molar-refractivity contribution in [2.75, 3.05) is 11.9 Å². The topological polar surface area (TPSA) is 77.2 Å². The number of unbranched alkanes of at least 4 members (excludes halogenated alkanes) is 5. The van der Waals surface area contributed by atoms with Crippen LogP contribution in [0.5, 0.6) is 0 Å². The van der Waals surface area contributed by atoms with Gasteiger partial charge in [-0.15, -0.1) is 0 Å². The molecular formula is C11H19N3O3. The van der Waals surface area contributed by atoms with Gasteiger partial charge in [-0.1, -0.05) is 39.0 Å². The zero-order chi connectivity index (χ0) is 12.3. The Bertz CT molecular complexity index is 301. The highest BCUT2D eigenvalue weighted by Crippen LogP contribution is 2.05. The molecule has 6 nitrogen and oxygen atoms in total. The smallest absolute Gasteiger partial charge is 0.414 e. The average molecular weight is 241 g/mol. The Balaban J connectivity index is 1.94. The van der Waals surface area contributed by atoms with Crippen molar-refractivity contribution < 1.29 is 14.1 Å². The third-order valence-corrected chi connectivity index (χ3v) is 2.31. The highest BCUT2D eigenvalue weighted by Gasteiger charge is 2.05. The first-order valence-corrected chi connectivity index (χ1v) is 6.03. The highest BCUT2D eigenvalue weighted by atomic mass is 16.5. The summed E-state index contributed by atoms with van der Waals surface area (Å²) in [5, 5.41) is 5.79. The second-order valence-corrected chi connectivity index (χ2v) is 3.78. The first-order chi connectivity index (χ1) is 8.33. The van der Waals surface area contributed by atoms with Crippen LogP contribution in [0.25, 0.3) is 0 Å². The van der Waals surface area contributed by atoms with Gasteiger partial charge in [0.1, 0.15) is 0 Å². The van der Waals surface area contributed by atoms with E-state index < -0.39 is 6.09 Å². The fourth-order valence-corrected chi connectivity index (χ4v) is 1.40. The molecule has 0 fully saturated rings. The maximum atomic E-state index is 11.2. The van der Waals surface area contributed by atoms with Gasteiger partial charge < -0.3 is 9.26 Å². The fraction of sp³-hybridized carbons (Fsp3) is 0.727. The number of amides is 1. The van der Waals surface area contributed by atoms with Crippen LogP contribution in [-0.2, 0) is 4.74 Å². The lowest BCUT2D eigenvalue weighted by Gasteiger charge is -2.03. The van der Waals surface area contributed by atoms with Crippen LogP contribution in [0.2, 0.25) is 0 Å². The van der Waals surface area contributed by atoms with Gasteiger partial charge in [0, 0.05) is 0 Å². The molecule has 0 aliphatic rings. The van der Waals surface area contributed by atoms with Crippen LogP contribution in [0.1, 0.15) is 45.4 Å². The van der Waals surface area contributed by atoms with Gasteiger partial charge in [-0.05, 0) is 11.6 Å². The first kappa shape index (κ1) is 13.5. The minimum absolute atomic E-state index is 0.123. The van der Waals surface area contributed by atoms with Crippen molar-refractivity contribution in [2.45, 2.75) is 45.4 Å². The van der Waals surface area contributed by atoms with E-state index in [0.717, 1.165) is 19.2 Å². The maximum absolute atomic E-state index is 11.2. The zero-order valence-electron chi connectivity index (χ0n) is 10.1. The second-order valence-electron chi connectivity index (χ2n) is 3.78. The highest BCUT2D eigenvalue weighted by molar-refractivity contribution is 5.81. The monoisotopic (exact) mass is 241 g/mol. The standard InChI is InChI=1S/C11H19N3O3/c1-2-3-4-5-6-7-8-16-11(15)13-10-12-9-17-14-10/h9H,2-8H2,1H3,(H,13,14,15). The van der Waals surface area contributed by atoms with Crippen LogP contribution < -0.4 is 5.32 Å². The first-order valence-electron chi connectivity index (χ1n) is 6.03. The second kappa shape index (κ2) is 8.55. The molecule has 0 atom stereocenters. The lowest BCUT2D eigenvalue weighted by Crippen LogP contribution is -2.15. The summed E-state index contributed by atoms with van der Waals surface area (Å²) in [4.78, 5) is 14.8. The minimum Gasteiger partial charge on any atom is -0.449 e. The predicted octanol–water partition coefficient (Wildman–Crippen LogP) is 2.98. The van der Waals surface area contributed by atoms with Crippen molar-refractivity contribution in [3.63, 3.8) is 0 Å². The lowest BCUT2D eigenvalue weighted by molar-refractivity contribution is 0.158. The molecule has 96 valence electrons. The van der Waals surface area contributed by atoms with E-state index >= 15 is 0 Å². The summed E-state index contributed by atoms with van der Waals surface area (Å²) < 4.78 is 9.41. The maximum Gasteiger partial charge on any atom is 0.414 e. The van der Waals surface area contributed by atoms with E-state index in [1.807, 2.05) is 0 Å². The zero-order valence-corrected chi connectivity index (χ0v) is 10.1. The van der Waals surface area contributed by atoms with Gasteiger partial charge in [-0.3, -0.25) is 5.32 Å². The molecule has 0 saturated heterocycles. The van der Waals surface area contributed by atoms with Gasteiger partial charge in [0.25, 0.3) is 5.95 Å². The van der Waals surface area contributed by atoms with Gasteiger partial charge in [0.15, 0.2) is 0 Å². The van der Waals surface area contributed by atoms with E-state index in [1.54, 1.807) is 0 Å². The number of anilines is 1. The largest absolute Gasteiger partial charge is 0.449 e. The molecule has 0 aliphatic heterocycles. The number of hydrogen-bond donors (Lipinski definition) is 1. The molecule has 0 saturated carbocycles. The summed E-state index contributed by atoms with van der Waals surface area (Å²) in [5.74, 6) is 0.123. The van der Waals surface area contributed by atoms with Crippen molar-refractivity contribution in [3.8, 4) is 0 Å². The number of hydrogen-bond acceptors (Lipinski definition) is 5. The van der Waals surface area contributed by atoms with Gasteiger partial charge >= 0.3 is 6.09 Å². The van der Waals surface area contributed by atoms with Crippen LogP contribution in [0.3, 0.4) is 0 Å². The number of ether oxygens (including phenoxy) is 1. The van der Waals surface area contributed by atoms with Crippen molar-refractivity contribution in [1.29, 1.82) is 0 Å². The van der Waals surface area contributed by atoms with Crippen molar-refractivity contribution in [2.24, 2.45) is 0 Å². The normalized spacial score (nSPS) is 10.2. The number of carbonyl (C=O) groups excluding carboxylic acids is 1. The molecule has 0 unspecified atom stereocenters. The quantitative estimate of drug-likeness (QED) is 0.708. The van der Waals surface area contributed by atoms with Crippen LogP contribution in [0.15, 0.2) is 10.9 Å². The van der Waals surface area contributed by atoms with Crippen LogP contribution in [0.4, 0.5) is 10.7 Å². The summed E-state index contributed by atoms with van der Waals surface area (Å²) in [5.41, 5.74) is 0. The third-order valence-electron chi connectivity index (χ3n) is 2.31. The Morgan fingerprint density at radius 2 is 2.12 bits per heavy atom. The predicted molar refractivity (Wildman–Crippen MR) is 62.6 cm³/mol. The molecule has 1 rings (SSSR count). The van der Waals surface area contributed by atoms with Gasteiger partial charge in [0.05, 0.1) is 6.61 Å². The Morgan fingerprint density at radius 1 is 1.35 bits per heavy atom. The summed E-state index contributed by atoms with van der Waals surface area (Å²) in [6.07, 6.45) is 7.56. The summed E-state index contributed by atoms with van der Waals surface area (Å²) in [6, 6.07) is 0. The molecule has 6 heteroatoms. The molecule has 0 aromatic carbocycles. The van der Waals surface area contributed by atoms with E-state index in [2.05, 4.69) is 26.9 Å². The molecule has 0 spiro atoms. The molecule has 1 aromatic heterocycles. The number of nitrogens with zero attached hydrogens (tertiary/aromatic N) is 2. The van der Waals surface area contributed by atoms with Crippen LogP contribution in [-0.4, -0.2) is 22.8 Å².